The van der Waals surface area contributed by atoms with E-state index in [1.807, 2.05) is 30.3 Å². The van der Waals surface area contributed by atoms with Gasteiger partial charge in [-0.15, -0.1) is 11.8 Å². The lowest BCUT2D eigenvalue weighted by Crippen LogP contribution is -2.13. The molecule has 110 valence electrons. The lowest BCUT2D eigenvalue weighted by molar-refractivity contribution is -0.113. The third kappa shape index (κ3) is 4.69. The van der Waals surface area contributed by atoms with Crippen LogP contribution in [0.1, 0.15) is 12.5 Å². The van der Waals surface area contributed by atoms with E-state index in [0.717, 1.165) is 17.0 Å². The summed E-state index contributed by atoms with van der Waals surface area (Å²) in [5, 5.41) is 3.44. The summed E-state index contributed by atoms with van der Waals surface area (Å²) >= 11 is 7.47. The Morgan fingerprint density at radius 2 is 1.95 bits per heavy atom. The Labute approximate surface area is 133 Å². The smallest absolute Gasteiger partial charge is 0.234 e. The van der Waals surface area contributed by atoms with Crippen molar-refractivity contribution < 1.29 is 4.79 Å². The maximum atomic E-state index is 11.9. The largest absolute Gasteiger partial charge is 0.399 e. The van der Waals surface area contributed by atoms with Gasteiger partial charge in [0.1, 0.15) is 0 Å². The second-order valence-corrected chi connectivity index (χ2v) is 6.00. The van der Waals surface area contributed by atoms with Crippen molar-refractivity contribution in [3.8, 4) is 0 Å². The lowest BCUT2D eigenvalue weighted by Gasteiger charge is -2.07. The van der Waals surface area contributed by atoms with Crippen LogP contribution in [0.15, 0.2) is 47.4 Å². The number of nitrogens with two attached hydrogens (primary N) is 1. The molecule has 0 bridgehead atoms. The molecular formula is C16H17ClN2OS. The molecule has 0 heterocycles. The van der Waals surface area contributed by atoms with Gasteiger partial charge in [-0.25, -0.2) is 0 Å². The maximum Gasteiger partial charge on any atom is 0.234 e. The standard InChI is InChI=1S/C16H17ClN2OS/c1-2-11-3-6-13(7-4-11)19-16(20)10-21-15-8-5-12(18)9-14(15)17/h3-9H,2,10,18H2,1H3,(H,19,20). The van der Waals surface area contributed by atoms with Crippen molar-refractivity contribution >= 4 is 40.6 Å². The summed E-state index contributed by atoms with van der Waals surface area (Å²) in [5.41, 5.74) is 8.30. The number of hydrogen-bond acceptors (Lipinski definition) is 3. The molecule has 1 amide bonds. The van der Waals surface area contributed by atoms with Crippen molar-refractivity contribution in [1.82, 2.24) is 0 Å². The van der Waals surface area contributed by atoms with E-state index in [-0.39, 0.29) is 5.91 Å². The Bertz CT molecular complexity index is 629. The van der Waals surface area contributed by atoms with Crippen LogP contribution in [0.4, 0.5) is 11.4 Å². The minimum atomic E-state index is -0.0582. The quantitative estimate of drug-likeness (QED) is 0.640. The van der Waals surface area contributed by atoms with E-state index >= 15 is 0 Å². The molecule has 0 saturated heterocycles. The van der Waals surface area contributed by atoms with Crippen LogP contribution < -0.4 is 11.1 Å². The number of halogens is 1. The molecule has 0 aliphatic rings. The molecule has 5 heteroatoms. The number of nitrogen functional groups attached to an aromatic ring is 1. The number of aryl methyl sites for hydroxylation is 1. The second kappa shape index (κ2) is 7.38. The third-order valence-electron chi connectivity index (χ3n) is 2.96. The van der Waals surface area contributed by atoms with Crippen molar-refractivity contribution in [2.24, 2.45) is 0 Å². The Morgan fingerprint density at radius 3 is 2.57 bits per heavy atom. The van der Waals surface area contributed by atoms with Crippen LogP contribution in [-0.2, 0) is 11.2 Å². The summed E-state index contributed by atoms with van der Waals surface area (Å²) in [6, 6.07) is 13.1. The number of anilines is 2. The van der Waals surface area contributed by atoms with Crippen LogP contribution in [0.5, 0.6) is 0 Å². The van der Waals surface area contributed by atoms with Gasteiger partial charge in [0, 0.05) is 16.3 Å². The summed E-state index contributed by atoms with van der Waals surface area (Å²) < 4.78 is 0. The predicted octanol–water partition coefficient (Wildman–Crippen LogP) is 4.22. The van der Waals surface area contributed by atoms with Gasteiger partial charge in [-0.05, 0) is 42.3 Å². The molecule has 2 rings (SSSR count). The zero-order chi connectivity index (χ0) is 15.2. The number of benzene rings is 2. The Kier molecular flexibility index (Phi) is 5.53. The van der Waals surface area contributed by atoms with Gasteiger partial charge >= 0.3 is 0 Å². The normalized spacial score (nSPS) is 10.4. The van der Waals surface area contributed by atoms with Gasteiger partial charge in [-0.2, -0.15) is 0 Å². The molecule has 0 saturated carbocycles. The minimum Gasteiger partial charge on any atom is -0.399 e. The van der Waals surface area contributed by atoms with Gasteiger partial charge in [0.25, 0.3) is 0 Å². The summed E-state index contributed by atoms with van der Waals surface area (Å²) in [7, 11) is 0. The average Bonchev–Trinajstić information content (AvgIpc) is 2.47. The molecular weight excluding hydrogens is 304 g/mol. The molecule has 0 radical (unpaired) electrons. The molecule has 2 aromatic rings. The fourth-order valence-electron chi connectivity index (χ4n) is 1.80. The summed E-state index contributed by atoms with van der Waals surface area (Å²) in [4.78, 5) is 12.8. The molecule has 0 aromatic heterocycles. The summed E-state index contributed by atoms with van der Waals surface area (Å²) in [6.45, 7) is 2.10. The molecule has 0 aliphatic heterocycles. The number of hydrogen-bond donors (Lipinski definition) is 2. The van der Waals surface area contributed by atoms with Crippen molar-refractivity contribution in [2.75, 3.05) is 16.8 Å². The Balaban J connectivity index is 1.89. The van der Waals surface area contributed by atoms with E-state index in [1.165, 1.54) is 17.3 Å². The number of rotatable bonds is 5. The summed E-state index contributed by atoms with van der Waals surface area (Å²) in [5.74, 6) is 0.247. The van der Waals surface area contributed by atoms with Crippen molar-refractivity contribution in [3.63, 3.8) is 0 Å². The molecule has 0 unspecified atom stereocenters. The molecule has 21 heavy (non-hydrogen) atoms. The van der Waals surface area contributed by atoms with Crippen LogP contribution in [0.3, 0.4) is 0 Å². The first-order chi connectivity index (χ1) is 10.1. The molecule has 2 aromatic carbocycles. The molecule has 3 N–H and O–H groups in total. The first-order valence-corrected chi connectivity index (χ1v) is 8.01. The van der Waals surface area contributed by atoms with Crippen molar-refractivity contribution in [1.29, 1.82) is 0 Å². The zero-order valence-corrected chi connectivity index (χ0v) is 13.3. The molecule has 0 spiro atoms. The van der Waals surface area contributed by atoms with Gasteiger partial charge in [-0.3, -0.25) is 4.79 Å². The fourth-order valence-corrected chi connectivity index (χ4v) is 2.87. The van der Waals surface area contributed by atoms with Gasteiger partial charge in [0.2, 0.25) is 5.91 Å². The number of carbonyl (C=O) groups is 1. The van der Waals surface area contributed by atoms with Crippen LogP contribution in [-0.4, -0.2) is 11.7 Å². The van der Waals surface area contributed by atoms with E-state index in [0.29, 0.717) is 16.5 Å². The van der Waals surface area contributed by atoms with E-state index in [4.69, 9.17) is 17.3 Å². The zero-order valence-electron chi connectivity index (χ0n) is 11.7. The van der Waals surface area contributed by atoms with E-state index in [9.17, 15) is 4.79 Å². The van der Waals surface area contributed by atoms with Crippen molar-refractivity contribution in [2.45, 2.75) is 18.2 Å². The average molecular weight is 321 g/mol. The topological polar surface area (TPSA) is 55.1 Å². The first-order valence-electron chi connectivity index (χ1n) is 6.65. The van der Waals surface area contributed by atoms with Crippen LogP contribution in [0.2, 0.25) is 5.02 Å². The van der Waals surface area contributed by atoms with Crippen LogP contribution in [0, 0.1) is 0 Å². The Hall–Kier alpha value is -1.65. The van der Waals surface area contributed by atoms with Crippen LogP contribution >= 0.6 is 23.4 Å². The van der Waals surface area contributed by atoms with Gasteiger partial charge < -0.3 is 11.1 Å². The van der Waals surface area contributed by atoms with Gasteiger partial charge in [-0.1, -0.05) is 30.7 Å². The molecule has 0 atom stereocenters. The Morgan fingerprint density at radius 1 is 1.24 bits per heavy atom. The maximum absolute atomic E-state index is 11.9. The molecule has 0 fully saturated rings. The minimum absolute atomic E-state index is 0.0582. The second-order valence-electron chi connectivity index (χ2n) is 4.58. The van der Waals surface area contributed by atoms with Crippen LogP contribution in [0.25, 0.3) is 0 Å². The van der Waals surface area contributed by atoms with Crippen molar-refractivity contribution in [3.05, 3.63) is 53.1 Å². The summed E-state index contributed by atoms with van der Waals surface area (Å²) in [6.07, 6.45) is 0.986. The number of nitrogens with one attached hydrogen (secondary N) is 1. The van der Waals surface area contributed by atoms with Gasteiger partial charge in [0.15, 0.2) is 0 Å². The third-order valence-corrected chi connectivity index (χ3v) is 4.46. The highest BCUT2D eigenvalue weighted by Crippen LogP contribution is 2.28. The van der Waals surface area contributed by atoms with E-state index < -0.39 is 0 Å². The van der Waals surface area contributed by atoms with E-state index in [2.05, 4.69) is 12.2 Å². The fraction of sp³-hybridized carbons (Fsp3) is 0.188. The highest BCUT2D eigenvalue weighted by atomic mass is 35.5. The van der Waals surface area contributed by atoms with E-state index in [1.54, 1.807) is 12.1 Å². The lowest BCUT2D eigenvalue weighted by atomic mass is 10.1. The number of amides is 1. The molecule has 3 nitrogen and oxygen atoms in total. The number of thioether (sulfide) groups is 1. The molecule has 0 aliphatic carbocycles. The predicted molar refractivity (Wildman–Crippen MR) is 91.0 cm³/mol. The highest BCUT2D eigenvalue weighted by Gasteiger charge is 2.06. The SMILES string of the molecule is CCc1ccc(NC(=O)CSc2ccc(N)cc2Cl)cc1. The number of carbonyl (C=O) groups excluding carboxylic acids is 1. The first kappa shape index (κ1) is 15.7. The monoisotopic (exact) mass is 320 g/mol. The van der Waals surface area contributed by atoms with Gasteiger partial charge in [0.05, 0.1) is 10.8 Å². The highest BCUT2D eigenvalue weighted by molar-refractivity contribution is 8.00.